The standard InChI is InChI=1S/C10H20N6O3/c1-2-7-19-10-13-8(15-11)12-9(14-10)16(3-5-17)4-6-18/h17-18H,2-7,11H2,1H3,(H,12,13,14,15). The maximum Gasteiger partial charge on any atom is 0.323 e. The minimum absolute atomic E-state index is 0.0811. The molecule has 0 unspecified atom stereocenters. The third-order valence-corrected chi connectivity index (χ3v) is 2.19. The van der Waals surface area contributed by atoms with E-state index in [2.05, 4.69) is 20.4 Å². The highest BCUT2D eigenvalue weighted by molar-refractivity contribution is 5.37. The second kappa shape index (κ2) is 8.40. The van der Waals surface area contributed by atoms with Crippen LogP contribution in [-0.4, -0.2) is 58.1 Å². The van der Waals surface area contributed by atoms with E-state index in [0.29, 0.717) is 19.7 Å². The van der Waals surface area contributed by atoms with Crippen molar-refractivity contribution in [2.24, 2.45) is 5.84 Å². The maximum absolute atomic E-state index is 9.00. The van der Waals surface area contributed by atoms with Crippen LogP contribution in [0.2, 0.25) is 0 Å². The van der Waals surface area contributed by atoms with Crippen LogP contribution < -0.4 is 20.9 Å². The first kappa shape index (κ1) is 15.3. The van der Waals surface area contributed by atoms with Crippen LogP contribution >= 0.6 is 0 Å². The van der Waals surface area contributed by atoms with Crippen LogP contribution in [0.4, 0.5) is 11.9 Å². The molecule has 9 nitrogen and oxygen atoms in total. The van der Waals surface area contributed by atoms with Crippen molar-refractivity contribution >= 4 is 11.9 Å². The summed E-state index contributed by atoms with van der Waals surface area (Å²) in [6, 6.07) is 0.153. The van der Waals surface area contributed by atoms with Crippen molar-refractivity contribution in [1.82, 2.24) is 15.0 Å². The number of aliphatic hydroxyl groups excluding tert-OH is 2. The Morgan fingerprint density at radius 2 is 1.89 bits per heavy atom. The van der Waals surface area contributed by atoms with Gasteiger partial charge in [-0.1, -0.05) is 6.92 Å². The van der Waals surface area contributed by atoms with Gasteiger partial charge in [-0.15, -0.1) is 0 Å². The first-order chi connectivity index (χ1) is 9.24. The molecule has 19 heavy (non-hydrogen) atoms. The van der Waals surface area contributed by atoms with Crippen molar-refractivity contribution in [3.05, 3.63) is 0 Å². The van der Waals surface area contributed by atoms with Crippen molar-refractivity contribution in [1.29, 1.82) is 0 Å². The minimum atomic E-state index is -0.0811. The molecule has 0 aliphatic heterocycles. The van der Waals surface area contributed by atoms with Gasteiger partial charge in [0.15, 0.2) is 0 Å². The smallest absolute Gasteiger partial charge is 0.323 e. The molecule has 0 aromatic carbocycles. The molecule has 108 valence electrons. The van der Waals surface area contributed by atoms with Gasteiger partial charge >= 0.3 is 6.01 Å². The van der Waals surface area contributed by atoms with E-state index in [-0.39, 0.29) is 31.1 Å². The van der Waals surface area contributed by atoms with E-state index < -0.39 is 0 Å². The van der Waals surface area contributed by atoms with Gasteiger partial charge < -0.3 is 19.8 Å². The van der Waals surface area contributed by atoms with Crippen molar-refractivity contribution < 1.29 is 14.9 Å². The fourth-order valence-corrected chi connectivity index (χ4v) is 1.36. The predicted octanol–water partition coefficient (Wildman–Crippen LogP) is -1.26. The van der Waals surface area contributed by atoms with Crippen LogP contribution in [0.3, 0.4) is 0 Å². The number of nitrogens with zero attached hydrogens (tertiary/aromatic N) is 4. The Labute approximate surface area is 111 Å². The van der Waals surface area contributed by atoms with E-state index in [1.165, 1.54) is 0 Å². The molecule has 1 heterocycles. The lowest BCUT2D eigenvalue weighted by atomic mass is 10.5. The summed E-state index contributed by atoms with van der Waals surface area (Å²) in [7, 11) is 0. The Kier molecular flexibility index (Phi) is 6.79. The SMILES string of the molecule is CCCOc1nc(NN)nc(N(CCO)CCO)n1. The summed E-state index contributed by atoms with van der Waals surface area (Å²) in [6.07, 6.45) is 0.823. The maximum atomic E-state index is 9.00. The monoisotopic (exact) mass is 272 g/mol. The van der Waals surface area contributed by atoms with Crippen LogP contribution in [-0.2, 0) is 0 Å². The van der Waals surface area contributed by atoms with Crippen molar-refractivity contribution in [3.63, 3.8) is 0 Å². The van der Waals surface area contributed by atoms with E-state index in [9.17, 15) is 0 Å². The molecular weight excluding hydrogens is 252 g/mol. The molecule has 1 aromatic heterocycles. The number of hydrogen-bond donors (Lipinski definition) is 4. The summed E-state index contributed by atoms with van der Waals surface area (Å²) < 4.78 is 5.34. The molecule has 0 spiro atoms. The number of anilines is 2. The second-order valence-electron chi connectivity index (χ2n) is 3.67. The summed E-state index contributed by atoms with van der Waals surface area (Å²) in [5.74, 6) is 5.74. The summed E-state index contributed by atoms with van der Waals surface area (Å²) in [5.41, 5.74) is 2.33. The van der Waals surface area contributed by atoms with E-state index in [1.54, 1.807) is 4.90 Å². The number of nitrogens with one attached hydrogen (secondary N) is 1. The molecule has 0 radical (unpaired) electrons. The Morgan fingerprint density at radius 3 is 2.42 bits per heavy atom. The lowest BCUT2D eigenvalue weighted by Gasteiger charge is -2.21. The fraction of sp³-hybridized carbons (Fsp3) is 0.700. The zero-order valence-corrected chi connectivity index (χ0v) is 10.9. The highest BCUT2D eigenvalue weighted by atomic mass is 16.5. The lowest BCUT2D eigenvalue weighted by Crippen LogP contribution is -2.32. The van der Waals surface area contributed by atoms with Crippen LogP contribution in [0.1, 0.15) is 13.3 Å². The van der Waals surface area contributed by atoms with Crippen LogP contribution in [0.25, 0.3) is 0 Å². The molecule has 1 rings (SSSR count). The molecule has 5 N–H and O–H groups in total. The average Bonchev–Trinajstić information content (AvgIpc) is 2.44. The average molecular weight is 272 g/mol. The van der Waals surface area contributed by atoms with Gasteiger partial charge in [-0.3, -0.25) is 5.43 Å². The van der Waals surface area contributed by atoms with Gasteiger partial charge in [-0.25, -0.2) is 5.84 Å². The Morgan fingerprint density at radius 1 is 1.21 bits per heavy atom. The van der Waals surface area contributed by atoms with E-state index in [1.807, 2.05) is 6.92 Å². The van der Waals surface area contributed by atoms with Gasteiger partial charge in [0.1, 0.15) is 0 Å². The molecule has 0 aliphatic rings. The summed E-state index contributed by atoms with van der Waals surface area (Å²) in [6.45, 7) is 2.87. The van der Waals surface area contributed by atoms with Crippen molar-refractivity contribution in [2.45, 2.75) is 13.3 Å². The number of ether oxygens (including phenoxy) is 1. The lowest BCUT2D eigenvalue weighted by molar-refractivity contribution is 0.277. The highest BCUT2D eigenvalue weighted by Crippen LogP contribution is 2.14. The molecule has 0 aliphatic carbocycles. The molecule has 0 amide bonds. The summed E-state index contributed by atoms with van der Waals surface area (Å²) in [5, 5.41) is 18.0. The molecule has 0 saturated carbocycles. The van der Waals surface area contributed by atoms with Crippen molar-refractivity contribution in [2.75, 3.05) is 43.2 Å². The topological polar surface area (TPSA) is 130 Å². The van der Waals surface area contributed by atoms with Crippen LogP contribution in [0.5, 0.6) is 6.01 Å². The van der Waals surface area contributed by atoms with Gasteiger partial charge in [0, 0.05) is 13.1 Å². The molecule has 0 bridgehead atoms. The number of aromatic nitrogens is 3. The Bertz CT molecular complexity index is 372. The van der Waals surface area contributed by atoms with Crippen LogP contribution in [0.15, 0.2) is 0 Å². The molecule has 0 saturated heterocycles. The molecule has 0 fully saturated rings. The third kappa shape index (κ3) is 4.81. The van der Waals surface area contributed by atoms with E-state index >= 15 is 0 Å². The quantitative estimate of drug-likeness (QED) is 0.321. The normalized spacial score (nSPS) is 10.3. The van der Waals surface area contributed by atoms with Crippen LogP contribution in [0, 0.1) is 0 Å². The summed E-state index contributed by atoms with van der Waals surface area (Å²) in [4.78, 5) is 13.8. The number of aliphatic hydroxyl groups is 2. The Hall–Kier alpha value is -1.71. The first-order valence-electron chi connectivity index (χ1n) is 6.07. The fourth-order valence-electron chi connectivity index (χ4n) is 1.36. The zero-order valence-electron chi connectivity index (χ0n) is 10.9. The number of hydrazine groups is 1. The molecule has 9 heteroatoms. The van der Waals surface area contributed by atoms with Gasteiger partial charge in [-0.05, 0) is 6.42 Å². The highest BCUT2D eigenvalue weighted by Gasteiger charge is 2.13. The predicted molar refractivity (Wildman–Crippen MR) is 69.8 cm³/mol. The molecular formula is C10H20N6O3. The summed E-state index contributed by atoms with van der Waals surface area (Å²) >= 11 is 0. The molecule has 0 atom stereocenters. The number of hydrogen-bond acceptors (Lipinski definition) is 9. The van der Waals surface area contributed by atoms with E-state index in [0.717, 1.165) is 6.42 Å². The second-order valence-corrected chi connectivity index (χ2v) is 3.67. The van der Waals surface area contributed by atoms with E-state index in [4.69, 9.17) is 20.8 Å². The number of nitrogens with two attached hydrogens (primary N) is 1. The largest absolute Gasteiger partial charge is 0.463 e. The number of rotatable bonds is 9. The van der Waals surface area contributed by atoms with Gasteiger partial charge in [-0.2, -0.15) is 15.0 Å². The zero-order chi connectivity index (χ0) is 14.1. The molecule has 1 aromatic rings. The van der Waals surface area contributed by atoms with Gasteiger partial charge in [0.2, 0.25) is 11.9 Å². The third-order valence-electron chi connectivity index (χ3n) is 2.19. The van der Waals surface area contributed by atoms with Crippen molar-refractivity contribution in [3.8, 4) is 6.01 Å². The first-order valence-corrected chi connectivity index (χ1v) is 6.07. The van der Waals surface area contributed by atoms with Gasteiger partial charge in [0.05, 0.1) is 19.8 Å². The minimum Gasteiger partial charge on any atom is -0.463 e. The number of nitrogen functional groups attached to an aromatic ring is 1. The Balaban J connectivity index is 2.95. The van der Waals surface area contributed by atoms with Gasteiger partial charge in [0.25, 0.3) is 0 Å².